The lowest BCUT2D eigenvalue weighted by molar-refractivity contribution is -0.132. The summed E-state index contributed by atoms with van der Waals surface area (Å²) in [5, 5.41) is 21.4. The van der Waals surface area contributed by atoms with Crippen LogP contribution in [0.1, 0.15) is 22.4 Å². The highest BCUT2D eigenvalue weighted by Gasteiger charge is 2.54. The van der Waals surface area contributed by atoms with Crippen molar-refractivity contribution >= 4 is 39.8 Å². The fraction of sp³-hybridized carbons (Fsp3) is 0.233. The predicted octanol–water partition coefficient (Wildman–Crippen LogP) is 4.65. The number of aryl methyl sites for hydroxylation is 2. The molecule has 0 unspecified atom stereocenters. The van der Waals surface area contributed by atoms with Gasteiger partial charge in [0.05, 0.1) is 30.6 Å². The van der Waals surface area contributed by atoms with Gasteiger partial charge in [-0.2, -0.15) is 0 Å². The van der Waals surface area contributed by atoms with Crippen molar-refractivity contribution in [2.45, 2.75) is 25.1 Å². The van der Waals surface area contributed by atoms with Gasteiger partial charge in [-0.1, -0.05) is 35.0 Å². The summed E-state index contributed by atoms with van der Waals surface area (Å²) in [5.74, 6) is -1.17. The second-order valence-electron chi connectivity index (χ2n) is 10.2. The summed E-state index contributed by atoms with van der Waals surface area (Å²) in [6, 6.07) is 15.8. The van der Waals surface area contributed by atoms with Gasteiger partial charge in [0.1, 0.15) is 17.3 Å². The standard InChI is InChI=1S/C30H28ClFN6O3/c1-36(2)20-8-9-22(26(14-20)41-3)30(40)27-25(11-10-23(32)28(27)31)38(29(30)39)17-19-16-37(35-34-19)13-12-18-15-33-24-7-5-4-6-21(18)24/h4-11,14-16,33,40H,12-13,17H2,1-3H3/t30-/m1/s1. The number of methoxy groups -OCH3 is 1. The highest BCUT2D eigenvalue weighted by Crippen LogP contribution is 2.51. The number of amides is 1. The molecule has 0 aliphatic carbocycles. The van der Waals surface area contributed by atoms with Gasteiger partial charge in [-0.3, -0.25) is 9.48 Å². The Hall–Kier alpha value is -4.41. The van der Waals surface area contributed by atoms with E-state index in [0.717, 1.165) is 28.6 Å². The van der Waals surface area contributed by atoms with E-state index in [4.69, 9.17) is 16.3 Å². The summed E-state index contributed by atoms with van der Waals surface area (Å²) in [4.78, 5) is 20.5. The third kappa shape index (κ3) is 4.39. The average Bonchev–Trinajstić information content (AvgIpc) is 3.66. The molecule has 11 heteroatoms. The first-order chi connectivity index (χ1) is 19.7. The molecule has 210 valence electrons. The number of nitrogens with one attached hydrogen (secondary N) is 1. The molecular formula is C30H28ClFN6O3. The van der Waals surface area contributed by atoms with Gasteiger partial charge in [0.25, 0.3) is 5.91 Å². The number of carbonyl (C=O) groups is 1. The molecule has 3 aromatic carbocycles. The lowest BCUT2D eigenvalue weighted by Crippen LogP contribution is -2.41. The molecule has 6 rings (SSSR count). The van der Waals surface area contributed by atoms with E-state index in [1.54, 1.807) is 29.1 Å². The van der Waals surface area contributed by atoms with E-state index in [1.165, 1.54) is 24.1 Å². The topological polar surface area (TPSA) is 99.5 Å². The number of para-hydroxylation sites is 1. The van der Waals surface area contributed by atoms with Crippen LogP contribution in [-0.2, 0) is 29.9 Å². The molecule has 1 aliphatic rings. The number of fused-ring (bicyclic) bond motifs is 2. The maximum atomic E-state index is 14.7. The van der Waals surface area contributed by atoms with Crippen LogP contribution >= 0.6 is 11.6 Å². The minimum atomic E-state index is -2.28. The van der Waals surface area contributed by atoms with Crippen molar-refractivity contribution in [3.8, 4) is 5.75 Å². The zero-order valence-electron chi connectivity index (χ0n) is 22.7. The minimum Gasteiger partial charge on any atom is -0.496 e. The fourth-order valence-corrected chi connectivity index (χ4v) is 5.74. The Kier molecular flexibility index (Phi) is 6.67. The number of hydrogen-bond donors (Lipinski definition) is 2. The number of anilines is 2. The van der Waals surface area contributed by atoms with E-state index in [-0.39, 0.29) is 34.1 Å². The van der Waals surface area contributed by atoms with Crippen molar-refractivity contribution in [2.24, 2.45) is 0 Å². The lowest BCUT2D eigenvalue weighted by Gasteiger charge is -2.26. The van der Waals surface area contributed by atoms with Crippen molar-refractivity contribution < 1.29 is 19.0 Å². The summed E-state index contributed by atoms with van der Waals surface area (Å²) >= 11 is 6.42. The Morgan fingerprint density at radius 2 is 1.98 bits per heavy atom. The molecule has 0 fully saturated rings. The number of carbonyl (C=O) groups excluding carboxylic acids is 1. The quantitative estimate of drug-likeness (QED) is 0.280. The first-order valence-electron chi connectivity index (χ1n) is 13.0. The zero-order valence-corrected chi connectivity index (χ0v) is 23.5. The zero-order chi connectivity index (χ0) is 28.9. The van der Waals surface area contributed by atoms with E-state index in [9.17, 15) is 14.3 Å². The van der Waals surface area contributed by atoms with Gasteiger partial charge in [-0.15, -0.1) is 5.10 Å². The Morgan fingerprint density at radius 1 is 1.17 bits per heavy atom. The number of aromatic amines is 1. The Balaban J connectivity index is 1.31. The Labute approximate surface area is 240 Å². The maximum Gasteiger partial charge on any atom is 0.269 e. The van der Waals surface area contributed by atoms with Crippen LogP contribution in [0.5, 0.6) is 5.75 Å². The Bertz CT molecular complexity index is 1780. The third-order valence-corrected chi connectivity index (χ3v) is 7.93. The number of nitrogens with zero attached hydrogens (tertiary/aromatic N) is 5. The number of ether oxygens (including phenoxy) is 1. The van der Waals surface area contributed by atoms with Crippen molar-refractivity contribution in [3.05, 3.63) is 100 Å². The number of aromatic nitrogens is 4. The van der Waals surface area contributed by atoms with Gasteiger partial charge in [0.2, 0.25) is 5.60 Å². The molecule has 2 aromatic heterocycles. The molecule has 0 saturated carbocycles. The normalized spacial score (nSPS) is 16.4. The number of benzene rings is 3. The molecule has 0 bridgehead atoms. The van der Waals surface area contributed by atoms with Gasteiger partial charge >= 0.3 is 0 Å². The first kappa shape index (κ1) is 26.8. The predicted molar refractivity (Wildman–Crippen MR) is 155 cm³/mol. The van der Waals surface area contributed by atoms with Crippen LogP contribution in [0.3, 0.4) is 0 Å². The smallest absolute Gasteiger partial charge is 0.269 e. The molecule has 0 spiro atoms. The van der Waals surface area contributed by atoms with E-state index < -0.39 is 17.3 Å². The molecule has 5 aromatic rings. The molecule has 1 atom stereocenters. The van der Waals surface area contributed by atoms with Gasteiger partial charge < -0.3 is 24.6 Å². The SMILES string of the molecule is COc1cc(N(C)C)ccc1[C@]1(O)C(=O)N(Cc2cn(CCc3c[nH]c4ccccc34)nn2)c2ccc(F)c(Cl)c21. The molecule has 2 N–H and O–H groups in total. The Morgan fingerprint density at radius 3 is 2.76 bits per heavy atom. The molecule has 0 saturated heterocycles. The van der Waals surface area contributed by atoms with Crippen molar-refractivity contribution in [2.75, 3.05) is 31.0 Å². The van der Waals surface area contributed by atoms with Crippen molar-refractivity contribution in [1.82, 2.24) is 20.0 Å². The van der Waals surface area contributed by atoms with Gasteiger partial charge in [-0.05, 0) is 42.3 Å². The van der Waals surface area contributed by atoms with E-state index in [0.29, 0.717) is 12.2 Å². The lowest BCUT2D eigenvalue weighted by atomic mass is 9.86. The van der Waals surface area contributed by atoms with Gasteiger partial charge in [0.15, 0.2) is 0 Å². The fourth-order valence-electron chi connectivity index (χ4n) is 5.44. The largest absolute Gasteiger partial charge is 0.496 e. The van der Waals surface area contributed by atoms with E-state index >= 15 is 0 Å². The molecule has 9 nitrogen and oxygen atoms in total. The van der Waals surface area contributed by atoms with Crippen LogP contribution in [0.2, 0.25) is 5.02 Å². The molecule has 1 aliphatic heterocycles. The summed E-state index contributed by atoms with van der Waals surface area (Å²) in [5.41, 5.74) is 1.67. The molecule has 41 heavy (non-hydrogen) atoms. The summed E-state index contributed by atoms with van der Waals surface area (Å²) in [6.07, 6.45) is 4.48. The molecule has 0 radical (unpaired) electrons. The van der Waals surface area contributed by atoms with Crippen LogP contribution in [0.4, 0.5) is 15.8 Å². The number of halogens is 2. The van der Waals surface area contributed by atoms with Crippen LogP contribution in [-0.4, -0.2) is 52.2 Å². The number of hydrogen-bond acceptors (Lipinski definition) is 6. The van der Waals surface area contributed by atoms with E-state index in [1.807, 2.05) is 43.4 Å². The minimum absolute atomic E-state index is 0.00128. The monoisotopic (exact) mass is 574 g/mol. The molecular weight excluding hydrogens is 547 g/mol. The average molecular weight is 575 g/mol. The highest BCUT2D eigenvalue weighted by molar-refractivity contribution is 6.33. The number of rotatable bonds is 8. The van der Waals surface area contributed by atoms with Crippen LogP contribution in [0.25, 0.3) is 10.9 Å². The van der Waals surface area contributed by atoms with E-state index in [2.05, 4.69) is 21.4 Å². The third-order valence-electron chi connectivity index (χ3n) is 7.56. The van der Waals surface area contributed by atoms with Crippen LogP contribution in [0, 0.1) is 5.82 Å². The number of aliphatic hydroxyl groups is 1. The van der Waals surface area contributed by atoms with Gasteiger partial charge in [0, 0.05) is 60.6 Å². The second kappa shape index (κ2) is 10.2. The molecule has 1 amide bonds. The maximum absolute atomic E-state index is 14.7. The van der Waals surface area contributed by atoms with Crippen molar-refractivity contribution in [1.29, 1.82) is 0 Å². The summed E-state index contributed by atoms with van der Waals surface area (Å²) < 4.78 is 22.0. The van der Waals surface area contributed by atoms with Crippen LogP contribution in [0.15, 0.2) is 67.0 Å². The van der Waals surface area contributed by atoms with Crippen LogP contribution < -0.4 is 14.5 Å². The van der Waals surface area contributed by atoms with Crippen molar-refractivity contribution in [3.63, 3.8) is 0 Å². The second-order valence-corrected chi connectivity index (χ2v) is 10.6. The first-order valence-corrected chi connectivity index (χ1v) is 13.4. The summed E-state index contributed by atoms with van der Waals surface area (Å²) in [6.45, 7) is 0.580. The highest BCUT2D eigenvalue weighted by atomic mass is 35.5. The number of H-pyrrole nitrogens is 1. The molecule has 3 heterocycles. The summed E-state index contributed by atoms with van der Waals surface area (Å²) in [7, 11) is 5.17. The van der Waals surface area contributed by atoms with Gasteiger partial charge in [-0.25, -0.2) is 4.39 Å².